The number of aryl methyl sites for hydroxylation is 1. The van der Waals surface area contributed by atoms with Gasteiger partial charge in [-0.2, -0.15) is 0 Å². The highest BCUT2D eigenvalue weighted by Crippen LogP contribution is 2.40. The summed E-state index contributed by atoms with van der Waals surface area (Å²) in [4.78, 5) is 25.2. The van der Waals surface area contributed by atoms with Crippen LogP contribution < -0.4 is 16.2 Å². The monoisotopic (exact) mass is 396 g/mol. The van der Waals surface area contributed by atoms with E-state index in [4.69, 9.17) is 9.26 Å². The number of ether oxygens (including phenoxy) is 1. The molecular formula is C22H24N2O5. The fourth-order valence-corrected chi connectivity index (χ4v) is 4.03. The van der Waals surface area contributed by atoms with Crippen LogP contribution in [-0.2, 0) is 19.4 Å². The Kier molecular flexibility index (Phi) is 4.82. The Morgan fingerprint density at radius 3 is 2.66 bits per heavy atom. The fraction of sp³-hybridized carbons (Fsp3) is 0.364. The normalized spacial score (nSPS) is 13.1. The molecule has 3 aromatic rings. The molecule has 0 bridgehead atoms. The molecule has 1 heterocycles. The van der Waals surface area contributed by atoms with Gasteiger partial charge < -0.3 is 14.4 Å². The van der Waals surface area contributed by atoms with Crippen LogP contribution in [0.25, 0.3) is 0 Å². The predicted molar refractivity (Wildman–Crippen MR) is 108 cm³/mol. The van der Waals surface area contributed by atoms with Gasteiger partial charge in [-0.15, -0.1) is 4.74 Å². The molecule has 1 aliphatic rings. The SMILES string of the molecule is Cc1cc(Cn2oc(=O)[nH]c2=O)c2c(c1Oc1ccc(O)c(C(C)C)c1)CCC2. The van der Waals surface area contributed by atoms with E-state index in [2.05, 4.69) is 4.98 Å². The van der Waals surface area contributed by atoms with Crippen LogP contribution in [0.15, 0.2) is 38.4 Å². The highest BCUT2D eigenvalue weighted by atomic mass is 16.5. The standard InChI is InChI=1S/C22H24N2O5/c1-12(2)18-10-15(7-8-19(18)25)28-20-13(3)9-14(16-5-4-6-17(16)20)11-24-21(26)23-22(27)29-24/h7-10,12,25H,4-6,11H2,1-3H3,(H,23,26,27). The molecule has 0 aliphatic heterocycles. The van der Waals surface area contributed by atoms with E-state index in [9.17, 15) is 14.7 Å². The number of nitrogens with one attached hydrogen (secondary N) is 1. The van der Waals surface area contributed by atoms with E-state index in [1.807, 2.05) is 32.9 Å². The molecule has 0 saturated heterocycles. The Bertz CT molecular complexity index is 1180. The summed E-state index contributed by atoms with van der Waals surface area (Å²) in [5, 5.41) is 10.1. The first-order valence-electron chi connectivity index (χ1n) is 9.79. The van der Waals surface area contributed by atoms with E-state index in [-0.39, 0.29) is 18.2 Å². The average molecular weight is 396 g/mol. The van der Waals surface area contributed by atoms with Gasteiger partial charge in [0.1, 0.15) is 17.2 Å². The Morgan fingerprint density at radius 2 is 1.97 bits per heavy atom. The van der Waals surface area contributed by atoms with Crippen LogP contribution in [0, 0.1) is 6.92 Å². The van der Waals surface area contributed by atoms with E-state index in [0.29, 0.717) is 5.75 Å². The summed E-state index contributed by atoms with van der Waals surface area (Å²) in [5.74, 6) is 1.20. The minimum atomic E-state index is -0.753. The van der Waals surface area contributed by atoms with Crippen LogP contribution in [0.4, 0.5) is 0 Å². The summed E-state index contributed by atoms with van der Waals surface area (Å²) in [5.41, 5.74) is 4.47. The molecule has 7 heteroatoms. The molecule has 2 aromatic carbocycles. The summed E-state index contributed by atoms with van der Waals surface area (Å²) in [7, 11) is 0. The third kappa shape index (κ3) is 3.60. The third-order valence-corrected chi connectivity index (χ3v) is 5.41. The molecule has 1 aromatic heterocycles. The Labute approximate surface area is 167 Å². The van der Waals surface area contributed by atoms with E-state index in [1.54, 1.807) is 12.1 Å². The number of benzene rings is 2. The number of H-pyrrole nitrogens is 1. The van der Waals surface area contributed by atoms with Gasteiger partial charge in [0.2, 0.25) is 0 Å². The molecule has 0 atom stereocenters. The lowest BCUT2D eigenvalue weighted by molar-refractivity contribution is 0.257. The van der Waals surface area contributed by atoms with E-state index >= 15 is 0 Å². The molecular weight excluding hydrogens is 372 g/mol. The maximum absolute atomic E-state index is 11.8. The lowest BCUT2D eigenvalue weighted by Gasteiger charge is -2.18. The van der Waals surface area contributed by atoms with E-state index in [0.717, 1.165) is 57.6 Å². The molecule has 0 fully saturated rings. The van der Waals surface area contributed by atoms with E-state index in [1.165, 1.54) is 0 Å². The number of phenols is 1. The van der Waals surface area contributed by atoms with Crippen molar-refractivity contribution in [2.45, 2.75) is 52.5 Å². The minimum absolute atomic E-state index is 0.182. The maximum atomic E-state index is 11.8. The first-order valence-corrected chi connectivity index (χ1v) is 9.79. The van der Waals surface area contributed by atoms with Crippen molar-refractivity contribution in [1.82, 2.24) is 9.72 Å². The van der Waals surface area contributed by atoms with Crippen molar-refractivity contribution in [3.8, 4) is 17.2 Å². The minimum Gasteiger partial charge on any atom is -0.508 e. The first kappa shape index (κ1) is 19.1. The molecule has 4 rings (SSSR count). The molecule has 0 unspecified atom stereocenters. The number of aromatic hydroxyl groups is 1. The highest BCUT2D eigenvalue weighted by Gasteiger charge is 2.23. The molecule has 0 radical (unpaired) electrons. The summed E-state index contributed by atoms with van der Waals surface area (Å²) in [6.45, 7) is 6.23. The highest BCUT2D eigenvalue weighted by molar-refractivity contribution is 5.54. The van der Waals surface area contributed by atoms with Gasteiger partial charge in [0, 0.05) is 5.56 Å². The number of hydrogen-bond donors (Lipinski definition) is 2. The van der Waals surface area contributed by atoms with Crippen molar-refractivity contribution in [3.05, 3.63) is 73.1 Å². The van der Waals surface area contributed by atoms with Crippen molar-refractivity contribution in [2.75, 3.05) is 0 Å². The van der Waals surface area contributed by atoms with Gasteiger partial charge in [-0.1, -0.05) is 19.9 Å². The average Bonchev–Trinajstić information content (AvgIpc) is 3.26. The van der Waals surface area contributed by atoms with Crippen LogP contribution in [0.3, 0.4) is 0 Å². The van der Waals surface area contributed by atoms with Gasteiger partial charge in [0.25, 0.3) is 0 Å². The molecule has 152 valence electrons. The van der Waals surface area contributed by atoms with Crippen LogP contribution in [-0.4, -0.2) is 14.8 Å². The topological polar surface area (TPSA) is 97.5 Å². The number of hydrogen-bond acceptors (Lipinski definition) is 5. The largest absolute Gasteiger partial charge is 0.508 e. The predicted octanol–water partition coefficient (Wildman–Crippen LogP) is 3.60. The summed E-state index contributed by atoms with van der Waals surface area (Å²) < 4.78 is 12.2. The van der Waals surface area contributed by atoms with Crippen molar-refractivity contribution >= 4 is 0 Å². The van der Waals surface area contributed by atoms with Crippen LogP contribution in [0.2, 0.25) is 0 Å². The maximum Gasteiger partial charge on any atom is 0.440 e. The van der Waals surface area contributed by atoms with Crippen molar-refractivity contribution < 1.29 is 14.4 Å². The van der Waals surface area contributed by atoms with Gasteiger partial charge >= 0.3 is 11.4 Å². The van der Waals surface area contributed by atoms with E-state index < -0.39 is 11.4 Å². The zero-order valence-electron chi connectivity index (χ0n) is 16.7. The lowest BCUT2D eigenvalue weighted by Crippen LogP contribution is -2.18. The van der Waals surface area contributed by atoms with Crippen LogP contribution in [0.1, 0.15) is 54.0 Å². The number of fused-ring (bicyclic) bond motifs is 1. The second-order valence-electron chi connectivity index (χ2n) is 7.82. The Morgan fingerprint density at radius 1 is 1.21 bits per heavy atom. The Hall–Kier alpha value is -3.22. The quantitative estimate of drug-likeness (QED) is 0.687. The second kappa shape index (κ2) is 7.31. The fourth-order valence-electron chi connectivity index (χ4n) is 4.03. The van der Waals surface area contributed by atoms with Gasteiger partial charge in [0.15, 0.2) is 0 Å². The first-order chi connectivity index (χ1) is 13.8. The third-order valence-electron chi connectivity index (χ3n) is 5.41. The summed E-state index contributed by atoms with van der Waals surface area (Å²) >= 11 is 0. The molecule has 0 saturated carbocycles. The number of nitrogens with zero attached hydrogens (tertiary/aromatic N) is 1. The lowest BCUT2D eigenvalue weighted by atomic mass is 9.98. The van der Waals surface area contributed by atoms with Crippen molar-refractivity contribution in [3.63, 3.8) is 0 Å². The van der Waals surface area contributed by atoms with Crippen molar-refractivity contribution in [2.24, 2.45) is 0 Å². The van der Waals surface area contributed by atoms with Gasteiger partial charge in [-0.3, -0.25) is 0 Å². The molecule has 0 amide bonds. The van der Waals surface area contributed by atoms with Crippen LogP contribution in [0.5, 0.6) is 17.2 Å². The number of phenolic OH excluding ortho intramolecular Hbond substituents is 1. The van der Waals surface area contributed by atoms with Gasteiger partial charge in [-0.25, -0.2) is 14.6 Å². The van der Waals surface area contributed by atoms with Crippen molar-refractivity contribution in [1.29, 1.82) is 0 Å². The molecule has 7 nitrogen and oxygen atoms in total. The number of aromatic nitrogens is 2. The van der Waals surface area contributed by atoms with Gasteiger partial charge in [0.05, 0.1) is 6.54 Å². The molecule has 0 spiro atoms. The number of rotatable bonds is 5. The van der Waals surface area contributed by atoms with Gasteiger partial charge in [-0.05, 0) is 72.6 Å². The zero-order valence-corrected chi connectivity index (χ0v) is 16.7. The Balaban J connectivity index is 1.72. The van der Waals surface area contributed by atoms with Crippen LogP contribution >= 0.6 is 0 Å². The second-order valence-corrected chi connectivity index (χ2v) is 7.82. The summed E-state index contributed by atoms with van der Waals surface area (Å²) in [6, 6.07) is 7.30. The molecule has 2 N–H and O–H groups in total. The molecule has 1 aliphatic carbocycles. The number of aromatic amines is 1. The zero-order chi connectivity index (χ0) is 20.7. The summed E-state index contributed by atoms with van der Waals surface area (Å²) in [6.07, 6.45) is 2.78. The molecule has 29 heavy (non-hydrogen) atoms. The smallest absolute Gasteiger partial charge is 0.440 e.